The van der Waals surface area contributed by atoms with Crippen molar-refractivity contribution in [2.75, 3.05) is 0 Å². The summed E-state index contributed by atoms with van der Waals surface area (Å²) in [5.74, 6) is 1.89. The van der Waals surface area contributed by atoms with Crippen molar-refractivity contribution in [1.29, 1.82) is 0 Å². The Labute approximate surface area is 119 Å². The van der Waals surface area contributed by atoms with Gasteiger partial charge in [0.25, 0.3) is 0 Å². The molecule has 3 atom stereocenters. The second-order valence-electron chi connectivity index (χ2n) is 6.16. The van der Waals surface area contributed by atoms with Gasteiger partial charge >= 0.3 is 7.82 Å². The van der Waals surface area contributed by atoms with Crippen molar-refractivity contribution in [1.82, 2.24) is 0 Å². The maximum Gasteiger partial charge on any atom is 0.584 e. The van der Waals surface area contributed by atoms with E-state index in [2.05, 4.69) is 13.8 Å². The molecule has 0 aromatic heterocycles. The molecule has 0 aliphatic heterocycles. The molecule has 1 saturated carbocycles. The molecule has 108 valence electrons. The average Bonchev–Trinajstić information content (AvgIpc) is 2.38. The maximum absolute atomic E-state index is 12.0. The Morgan fingerprint density at radius 2 is 1.95 bits per heavy atom. The average molecular weight is 294 g/mol. The zero-order valence-corrected chi connectivity index (χ0v) is 12.5. The van der Waals surface area contributed by atoms with Gasteiger partial charge in [0.05, 0.1) is 0 Å². The van der Waals surface area contributed by atoms with E-state index in [0.29, 0.717) is 29.8 Å². The van der Waals surface area contributed by atoms with E-state index in [9.17, 15) is 9.46 Å². The first-order valence-electron chi connectivity index (χ1n) is 6.84. The summed E-state index contributed by atoms with van der Waals surface area (Å²) in [5.41, 5.74) is 0.284. The van der Waals surface area contributed by atoms with Gasteiger partial charge in [-0.05, 0) is 41.9 Å². The molecule has 1 fully saturated rings. The summed E-state index contributed by atoms with van der Waals surface area (Å²) in [6, 6.07) is 8.55. The molecule has 1 aromatic rings. The van der Waals surface area contributed by atoms with Gasteiger partial charge in [-0.1, -0.05) is 32.0 Å². The molecule has 0 saturated heterocycles. The molecule has 0 heterocycles. The molecule has 4 rings (SSSR count). The highest BCUT2D eigenvalue weighted by atomic mass is 31.2. The van der Waals surface area contributed by atoms with Crippen molar-refractivity contribution in [2.45, 2.75) is 26.7 Å². The first-order chi connectivity index (χ1) is 9.37. The Kier molecular flexibility index (Phi) is 3.19. The summed E-state index contributed by atoms with van der Waals surface area (Å²) < 4.78 is 22.3. The molecule has 1 N–H and O–H groups in total. The third-order valence-corrected chi connectivity index (χ3v) is 5.48. The van der Waals surface area contributed by atoms with Gasteiger partial charge in [0.2, 0.25) is 0 Å². The Morgan fingerprint density at radius 1 is 1.25 bits per heavy atom. The van der Waals surface area contributed by atoms with Crippen LogP contribution in [0.25, 0.3) is 0 Å². The fraction of sp³-hybridized carbons (Fsp3) is 0.467. The van der Waals surface area contributed by atoms with E-state index in [4.69, 9.17) is 9.05 Å². The third-order valence-electron chi connectivity index (χ3n) is 4.58. The summed E-state index contributed by atoms with van der Waals surface area (Å²) >= 11 is 0. The minimum absolute atomic E-state index is 0.284. The second kappa shape index (κ2) is 4.64. The van der Waals surface area contributed by atoms with Crippen LogP contribution in [0.3, 0.4) is 0 Å². The largest absolute Gasteiger partial charge is 0.584 e. The number of phosphoric ester groups is 1. The SMILES string of the molecule is CC1(C)[C@@H]2CC(OP(=O)(O)Oc3ccccc3)=C[C@H]1C2. The van der Waals surface area contributed by atoms with Crippen LogP contribution in [0.1, 0.15) is 26.7 Å². The number of allylic oxidation sites excluding steroid dienone is 2. The Balaban J connectivity index is 1.68. The molecule has 20 heavy (non-hydrogen) atoms. The predicted octanol–water partition coefficient (Wildman–Crippen LogP) is 4.13. The Bertz CT molecular complexity index is 579. The number of rotatable bonds is 4. The first kappa shape index (κ1) is 13.7. The first-order valence-corrected chi connectivity index (χ1v) is 8.34. The lowest BCUT2D eigenvalue weighted by molar-refractivity contribution is -0.0130. The van der Waals surface area contributed by atoms with Crippen LogP contribution in [-0.2, 0) is 9.09 Å². The van der Waals surface area contributed by atoms with Crippen LogP contribution in [-0.4, -0.2) is 4.89 Å². The fourth-order valence-corrected chi connectivity index (χ4v) is 3.93. The van der Waals surface area contributed by atoms with E-state index in [1.165, 1.54) is 0 Å². The van der Waals surface area contributed by atoms with Gasteiger partial charge in [0, 0.05) is 6.42 Å². The van der Waals surface area contributed by atoms with Crippen LogP contribution in [0.5, 0.6) is 5.75 Å². The van der Waals surface area contributed by atoms with Gasteiger partial charge in [-0.15, -0.1) is 0 Å². The minimum atomic E-state index is -4.10. The molecule has 1 unspecified atom stereocenters. The normalized spacial score (nSPS) is 29.6. The smallest absolute Gasteiger partial charge is 0.400 e. The lowest BCUT2D eigenvalue weighted by Gasteiger charge is -2.54. The van der Waals surface area contributed by atoms with E-state index in [1.807, 2.05) is 12.1 Å². The molecule has 2 bridgehead atoms. The van der Waals surface area contributed by atoms with E-state index in [0.717, 1.165) is 6.42 Å². The van der Waals surface area contributed by atoms with Gasteiger partial charge in [-0.2, -0.15) is 0 Å². The van der Waals surface area contributed by atoms with Crippen molar-refractivity contribution in [3.63, 3.8) is 0 Å². The number of hydrogen-bond donors (Lipinski definition) is 1. The number of phosphoric acid groups is 1. The predicted molar refractivity (Wildman–Crippen MR) is 76.1 cm³/mol. The quantitative estimate of drug-likeness (QED) is 0.848. The van der Waals surface area contributed by atoms with Crippen LogP contribution in [0.4, 0.5) is 0 Å². The molecule has 3 aliphatic rings. The Morgan fingerprint density at radius 3 is 2.50 bits per heavy atom. The molecule has 5 heteroatoms. The highest BCUT2D eigenvalue weighted by Crippen LogP contribution is 2.60. The minimum Gasteiger partial charge on any atom is -0.400 e. The number of benzene rings is 1. The third kappa shape index (κ3) is 2.50. The molecular weight excluding hydrogens is 275 g/mol. The molecule has 4 nitrogen and oxygen atoms in total. The summed E-state index contributed by atoms with van der Waals surface area (Å²) in [4.78, 5) is 9.82. The van der Waals surface area contributed by atoms with E-state index >= 15 is 0 Å². The monoisotopic (exact) mass is 294 g/mol. The van der Waals surface area contributed by atoms with Crippen molar-refractivity contribution < 1.29 is 18.5 Å². The van der Waals surface area contributed by atoms with E-state index in [1.54, 1.807) is 24.3 Å². The molecule has 0 radical (unpaired) electrons. The second-order valence-corrected chi connectivity index (χ2v) is 7.46. The van der Waals surface area contributed by atoms with Crippen LogP contribution in [0.15, 0.2) is 42.2 Å². The lowest BCUT2D eigenvalue weighted by Crippen LogP contribution is -2.46. The lowest BCUT2D eigenvalue weighted by atomic mass is 9.51. The van der Waals surface area contributed by atoms with E-state index < -0.39 is 7.82 Å². The zero-order chi connectivity index (χ0) is 14.4. The van der Waals surface area contributed by atoms with Gasteiger partial charge in [0.1, 0.15) is 11.5 Å². The van der Waals surface area contributed by atoms with Crippen LogP contribution in [0, 0.1) is 17.3 Å². The molecule has 0 amide bonds. The summed E-state index contributed by atoms with van der Waals surface area (Å²) in [6.07, 6.45) is 3.85. The van der Waals surface area contributed by atoms with Crippen LogP contribution < -0.4 is 4.52 Å². The topological polar surface area (TPSA) is 55.8 Å². The van der Waals surface area contributed by atoms with Crippen LogP contribution in [0.2, 0.25) is 0 Å². The highest BCUT2D eigenvalue weighted by molar-refractivity contribution is 7.48. The zero-order valence-electron chi connectivity index (χ0n) is 11.7. The number of para-hydroxylation sites is 1. The Hall–Kier alpha value is -1.25. The number of hydrogen-bond acceptors (Lipinski definition) is 3. The van der Waals surface area contributed by atoms with E-state index in [-0.39, 0.29) is 5.41 Å². The van der Waals surface area contributed by atoms with Gasteiger partial charge in [0.15, 0.2) is 0 Å². The van der Waals surface area contributed by atoms with Crippen molar-refractivity contribution >= 4 is 7.82 Å². The standard InChI is InChI=1S/C15H19O4P/c1-15(2)11-8-12(15)10-14(9-11)19-20(16,17)18-13-6-4-3-5-7-13/h3-7,9,11-12H,8,10H2,1-2H3,(H,16,17)/t11-,12+/m1/s1. The van der Waals surface area contributed by atoms with Gasteiger partial charge < -0.3 is 9.05 Å². The summed E-state index contributed by atoms with van der Waals surface area (Å²) in [5, 5.41) is 0. The van der Waals surface area contributed by atoms with Crippen molar-refractivity contribution in [3.8, 4) is 5.75 Å². The van der Waals surface area contributed by atoms with Crippen LogP contribution >= 0.6 is 7.82 Å². The maximum atomic E-state index is 12.0. The van der Waals surface area contributed by atoms with Crippen molar-refractivity contribution in [2.24, 2.45) is 17.3 Å². The van der Waals surface area contributed by atoms with Crippen molar-refractivity contribution in [3.05, 3.63) is 42.2 Å². The highest BCUT2D eigenvalue weighted by Gasteiger charge is 2.51. The molecule has 1 aromatic carbocycles. The molecule has 0 spiro atoms. The fourth-order valence-electron chi connectivity index (χ4n) is 3.07. The molecular formula is C15H19O4P. The summed E-state index contributed by atoms with van der Waals surface area (Å²) in [6.45, 7) is 4.47. The number of fused-ring (bicyclic) bond motifs is 1. The van der Waals surface area contributed by atoms with Gasteiger partial charge in [-0.25, -0.2) is 4.57 Å². The van der Waals surface area contributed by atoms with Gasteiger partial charge in [-0.3, -0.25) is 4.89 Å². The summed E-state index contributed by atoms with van der Waals surface area (Å²) in [7, 11) is -4.10. The molecule has 3 aliphatic carbocycles.